The Kier molecular flexibility index (Phi) is 6.60. The molecule has 0 spiro atoms. The topological polar surface area (TPSA) is 77.5 Å². The third-order valence-electron chi connectivity index (χ3n) is 2.16. The Hall–Kier alpha value is -1.15. The third-order valence-corrected chi connectivity index (χ3v) is 3.83. The van der Waals surface area contributed by atoms with Crippen molar-refractivity contribution >= 4 is 39.3 Å². The summed E-state index contributed by atoms with van der Waals surface area (Å²) in [4.78, 5) is 27.8. The summed E-state index contributed by atoms with van der Waals surface area (Å²) in [5.74, 6) is -0.398. The molecule has 21 heavy (non-hydrogen) atoms. The van der Waals surface area contributed by atoms with Crippen molar-refractivity contribution in [3.8, 4) is 0 Å². The number of halogens is 1. The number of aromatic nitrogens is 1. The Labute approximate surface area is 136 Å². The molecule has 0 saturated heterocycles. The van der Waals surface area contributed by atoms with Gasteiger partial charge in [-0.3, -0.25) is 4.79 Å². The number of alkyl carbamates (subject to hydrolysis) is 1. The van der Waals surface area contributed by atoms with Crippen LogP contribution in [0.2, 0.25) is 0 Å². The first-order valence-electron chi connectivity index (χ1n) is 6.47. The summed E-state index contributed by atoms with van der Waals surface area (Å²) in [7, 11) is 0. The molecule has 0 aliphatic heterocycles. The van der Waals surface area contributed by atoms with Crippen LogP contribution >= 0.6 is 27.3 Å². The minimum absolute atomic E-state index is 0.00698. The molecule has 1 atom stereocenters. The van der Waals surface area contributed by atoms with Gasteiger partial charge in [0.15, 0.2) is 0 Å². The Bertz CT molecular complexity index is 499. The molecule has 1 aromatic rings. The van der Waals surface area contributed by atoms with Gasteiger partial charge in [0.25, 0.3) is 0 Å². The van der Waals surface area contributed by atoms with Gasteiger partial charge in [-0.25, -0.2) is 9.78 Å². The van der Waals surface area contributed by atoms with Crippen molar-refractivity contribution in [1.82, 2.24) is 10.3 Å². The summed E-state index contributed by atoms with van der Waals surface area (Å²) < 4.78 is 10.8. The fourth-order valence-corrected chi connectivity index (χ4v) is 2.78. The minimum Gasteiger partial charge on any atom is -0.466 e. The number of esters is 1. The summed E-state index contributed by atoms with van der Waals surface area (Å²) in [5, 5.41) is 5.05. The second-order valence-electron chi connectivity index (χ2n) is 5.22. The molecule has 1 heterocycles. The van der Waals surface area contributed by atoms with Crippen LogP contribution < -0.4 is 5.32 Å². The van der Waals surface area contributed by atoms with Crippen LogP contribution in [0, 0.1) is 0 Å². The maximum Gasteiger partial charge on any atom is 0.408 e. The number of nitrogens with zero attached hydrogens (tertiary/aromatic N) is 1. The lowest BCUT2D eigenvalue weighted by molar-refractivity contribution is -0.143. The van der Waals surface area contributed by atoms with Gasteiger partial charge < -0.3 is 14.8 Å². The molecule has 0 aliphatic rings. The molecule has 0 fully saturated rings. The van der Waals surface area contributed by atoms with Crippen LogP contribution in [0.3, 0.4) is 0 Å². The SMILES string of the molecule is CCOC(=O)CC(NC(=O)OC(C)(C)C)c1nc(Br)cs1. The van der Waals surface area contributed by atoms with Crippen molar-refractivity contribution in [2.24, 2.45) is 0 Å². The maximum absolute atomic E-state index is 11.9. The highest BCUT2D eigenvalue weighted by molar-refractivity contribution is 9.10. The van der Waals surface area contributed by atoms with E-state index in [9.17, 15) is 9.59 Å². The Morgan fingerprint density at radius 2 is 2.14 bits per heavy atom. The largest absolute Gasteiger partial charge is 0.466 e. The first kappa shape index (κ1) is 17.9. The number of amides is 1. The number of rotatable bonds is 5. The molecule has 0 saturated carbocycles. The van der Waals surface area contributed by atoms with Crippen LogP contribution in [-0.4, -0.2) is 29.3 Å². The fourth-order valence-electron chi connectivity index (χ4n) is 1.46. The van der Waals surface area contributed by atoms with Crippen molar-refractivity contribution in [2.45, 2.75) is 45.8 Å². The van der Waals surface area contributed by atoms with Crippen molar-refractivity contribution in [3.05, 3.63) is 15.0 Å². The number of nitrogens with one attached hydrogen (secondary N) is 1. The Morgan fingerprint density at radius 3 is 2.62 bits per heavy atom. The van der Waals surface area contributed by atoms with E-state index in [1.54, 1.807) is 33.1 Å². The number of carbonyl (C=O) groups excluding carboxylic acids is 2. The van der Waals surface area contributed by atoms with E-state index in [1.165, 1.54) is 11.3 Å². The maximum atomic E-state index is 11.9. The van der Waals surface area contributed by atoms with E-state index in [0.29, 0.717) is 16.2 Å². The predicted molar refractivity (Wildman–Crippen MR) is 83.2 cm³/mol. The van der Waals surface area contributed by atoms with Gasteiger partial charge in [0, 0.05) is 5.38 Å². The lowest BCUT2D eigenvalue weighted by Crippen LogP contribution is -2.36. The summed E-state index contributed by atoms with van der Waals surface area (Å²) in [6, 6.07) is -0.574. The number of carbonyl (C=O) groups is 2. The van der Waals surface area contributed by atoms with E-state index in [1.807, 2.05) is 0 Å². The molecule has 8 heteroatoms. The number of thiazole rings is 1. The molecular weight excluding hydrogens is 360 g/mol. The zero-order valence-corrected chi connectivity index (χ0v) is 14.8. The smallest absolute Gasteiger partial charge is 0.408 e. The number of hydrogen-bond donors (Lipinski definition) is 1. The lowest BCUT2D eigenvalue weighted by atomic mass is 10.2. The van der Waals surface area contributed by atoms with Gasteiger partial charge in [-0.2, -0.15) is 0 Å². The molecule has 6 nitrogen and oxygen atoms in total. The quantitative estimate of drug-likeness (QED) is 0.794. The molecule has 0 bridgehead atoms. The van der Waals surface area contributed by atoms with Gasteiger partial charge in [-0.1, -0.05) is 0 Å². The normalized spacial score (nSPS) is 12.6. The van der Waals surface area contributed by atoms with E-state index in [4.69, 9.17) is 9.47 Å². The van der Waals surface area contributed by atoms with E-state index < -0.39 is 23.7 Å². The Morgan fingerprint density at radius 1 is 1.48 bits per heavy atom. The molecule has 1 aromatic heterocycles. The van der Waals surface area contributed by atoms with Gasteiger partial charge in [-0.15, -0.1) is 11.3 Å². The van der Waals surface area contributed by atoms with Gasteiger partial charge >= 0.3 is 12.1 Å². The lowest BCUT2D eigenvalue weighted by Gasteiger charge is -2.22. The molecule has 0 aromatic carbocycles. The van der Waals surface area contributed by atoms with Gasteiger partial charge in [0.05, 0.1) is 19.1 Å². The number of hydrogen-bond acceptors (Lipinski definition) is 6. The van der Waals surface area contributed by atoms with Crippen molar-refractivity contribution in [3.63, 3.8) is 0 Å². The third kappa shape index (κ3) is 6.90. The van der Waals surface area contributed by atoms with Crippen LogP contribution in [0.5, 0.6) is 0 Å². The molecule has 1 amide bonds. The number of ether oxygens (including phenoxy) is 2. The molecule has 0 radical (unpaired) electrons. The van der Waals surface area contributed by atoms with Crippen molar-refractivity contribution < 1.29 is 19.1 Å². The molecule has 118 valence electrons. The molecular formula is C13H19BrN2O4S. The second kappa shape index (κ2) is 7.74. The van der Waals surface area contributed by atoms with E-state index in [0.717, 1.165) is 0 Å². The van der Waals surface area contributed by atoms with Gasteiger partial charge in [-0.05, 0) is 43.6 Å². The fraction of sp³-hybridized carbons (Fsp3) is 0.615. The summed E-state index contributed by atoms with van der Waals surface area (Å²) in [5.41, 5.74) is -0.609. The summed E-state index contributed by atoms with van der Waals surface area (Å²) >= 11 is 4.59. The standard InChI is InChI=1S/C13H19BrN2O4S/c1-5-19-10(17)6-8(11-16-9(14)7-21-11)15-12(18)20-13(2,3)4/h7-8H,5-6H2,1-4H3,(H,15,18). The first-order valence-corrected chi connectivity index (χ1v) is 8.14. The van der Waals surface area contributed by atoms with Crippen LogP contribution in [-0.2, 0) is 14.3 Å². The van der Waals surface area contributed by atoms with E-state index in [2.05, 4.69) is 26.2 Å². The summed E-state index contributed by atoms with van der Waals surface area (Å²) in [6.45, 7) is 7.33. The predicted octanol–water partition coefficient (Wildman–Crippen LogP) is 3.42. The van der Waals surface area contributed by atoms with Crippen LogP contribution in [0.4, 0.5) is 4.79 Å². The van der Waals surface area contributed by atoms with E-state index >= 15 is 0 Å². The molecule has 1 N–H and O–H groups in total. The van der Waals surface area contributed by atoms with Gasteiger partial charge in [0.1, 0.15) is 15.2 Å². The van der Waals surface area contributed by atoms with Gasteiger partial charge in [0.2, 0.25) is 0 Å². The van der Waals surface area contributed by atoms with Crippen molar-refractivity contribution in [2.75, 3.05) is 6.61 Å². The van der Waals surface area contributed by atoms with Crippen LogP contribution in [0.1, 0.15) is 45.2 Å². The summed E-state index contributed by atoms with van der Waals surface area (Å²) in [6.07, 6.45) is -0.587. The molecule has 1 rings (SSSR count). The average molecular weight is 379 g/mol. The van der Waals surface area contributed by atoms with Crippen LogP contribution in [0.25, 0.3) is 0 Å². The minimum atomic E-state index is -0.609. The van der Waals surface area contributed by atoms with E-state index in [-0.39, 0.29) is 6.42 Å². The second-order valence-corrected chi connectivity index (χ2v) is 6.92. The molecule has 1 unspecified atom stereocenters. The highest BCUT2D eigenvalue weighted by Crippen LogP contribution is 2.24. The van der Waals surface area contributed by atoms with Crippen LogP contribution in [0.15, 0.2) is 9.98 Å². The zero-order valence-electron chi connectivity index (χ0n) is 12.4. The first-order chi connectivity index (χ1) is 9.71. The Balaban J connectivity index is 2.77. The average Bonchev–Trinajstić information content (AvgIpc) is 2.72. The van der Waals surface area contributed by atoms with Crippen molar-refractivity contribution in [1.29, 1.82) is 0 Å². The monoisotopic (exact) mass is 378 g/mol. The molecule has 0 aliphatic carbocycles. The highest BCUT2D eigenvalue weighted by Gasteiger charge is 2.25. The zero-order chi connectivity index (χ0) is 16.0. The highest BCUT2D eigenvalue weighted by atomic mass is 79.9.